The van der Waals surface area contributed by atoms with Crippen molar-refractivity contribution in [2.45, 2.75) is 6.54 Å². The number of allylic oxidation sites excluding steroid dienone is 5. The molecular weight excluding hydrogens is 561 g/mol. The number of hydrogen-bond donors (Lipinski definition) is 4. The smallest absolute Gasteiger partial charge is 0.205 e. The van der Waals surface area contributed by atoms with Crippen molar-refractivity contribution in [2.24, 2.45) is 4.99 Å². The van der Waals surface area contributed by atoms with Crippen molar-refractivity contribution >= 4 is 57.4 Å². The summed E-state index contributed by atoms with van der Waals surface area (Å²) in [7, 11) is 3.78. The van der Waals surface area contributed by atoms with Crippen LogP contribution < -0.4 is 15.2 Å². The van der Waals surface area contributed by atoms with Gasteiger partial charge in [-0.1, -0.05) is 76.2 Å². The van der Waals surface area contributed by atoms with Crippen LogP contribution in [0.15, 0.2) is 108 Å². The molecular formula is C34H41N4O2S2+. The SMILES string of the molecule is OCC/N=C/C=C\C=C\C=C\c1ccc(NCCSSCCNc2ccc(/C=C/c3cccc[n+]3CCO)cc2)cc1. The van der Waals surface area contributed by atoms with Crippen LogP contribution in [0.5, 0.6) is 0 Å². The lowest BCUT2D eigenvalue weighted by molar-refractivity contribution is -0.699. The van der Waals surface area contributed by atoms with Crippen LogP contribution >= 0.6 is 21.6 Å². The van der Waals surface area contributed by atoms with E-state index < -0.39 is 0 Å². The van der Waals surface area contributed by atoms with Crippen LogP contribution in [-0.4, -0.2) is 60.8 Å². The van der Waals surface area contributed by atoms with E-state index in [-0.39, 0.29) is 13.2 Å². The van der Waals surface area contributed by atoms with E-state index in [0.717, 1.165) is 52.8 Å². The number of aromatic nitrogens is 1. The van der Waals surface area contributed by atoms with Gasteiger partial charge < -0.3 is 20.8 Å². The quantitative estimate of drug-likeness (QED) is 0.0429. The molecule has 0 aliphatic heterocycles. The summed E-state index contributed by atoms with van der Waals surface area (Å²) in [5.41, 5.74) is 5.62. The molecule has 1 aromatic heterocycles. The summed E-state index contributed by atoms with van der Waals surface area (Å²) < 4.78 is 2.04. The van der Waals surface area contributed by atoms with Crippen LogP contribution in [0.4, 0.5) is 11.4 Å². The lowest BCUT2D eigenvalue weighted by Gasteiger charge is -2.08. The Bertz CT molecular complexity index is 1300. The zero-order valence-electron chi connectivity index (χ0n) is 23.9. The number of nitrogens with one attached hydrogen (secondary N) is 2. The molecule has 0 aliphatic carbocycles. The molecule has 0 atom stereocenters. The molecule has 3 aromatic rings. The first kappa shape index (κ1) is 32.9. The molecule has 0 fully saturated rings. The Morgan fingerprint density at radius 3 is 1.93 bits per heavy atom. The topological polar surface area (TPSA) is 80.8 Å². The maximum Gasteiger partial charge on any atom is 0.205 e. The van der Waals surface area contributed by atoms with E-state index in [0.29, 0.717) is 13.1 Å². The average Bonchev–Trinajstić information content (AvgIpc) is 3.02. The third-order valence-electron chi connectivity index (χ3n) is 5.85. The molecule has 2 aromatic carbocycles. The molecule has 0 saturated heterocycles. The molecule has 0 amide bonds. The fourth-order valence-corrected chi connectivity index (χ4v) is 5.57. The monoisotopic (exact) mass is 601 g/mol. The van der Waals surface area contributed by atoms with Gasteiger partial charge >= 0.3 is 0 Å². The van der Waals surface area contributed by atoms with E-state index >= 15 is 0 Å². The minimum absolute atomic E-state index is 0.0783. The van der Waals surface area contributed by atoms with Crippen molar-refractivity contribution in [3.63, 3.8) is 0 Å². The zero-order valence-corrected chi connectivity index (χ0v) is 25.5. The van der Waals surface area contributed by atoms with E-state index in [1.165, 1.54) is 0 Å². The number of aliphatic imine (C=N–C) groups is 1. The minimum Gasteiger partial charge on any atom is -0.394 e. The first-order valence-corrected chi connectivity index (χ1v) is 16.6. The Labute approximate surface area is 258 Å². The fraction of sp³-hybridized carbons (Fsp3) is 0.235. The molecule has 0 bridgehead atoms. The highest BCUT2D eigenvalue weighted by Crippen LogP contribution is 2.21. The summed E-state index contributed by atoms with van der Waals surface area (Å²) in [5.74, 6) is 2.07. The number of nitrogens with zero attached hydrogens (tertiary/aromatic N) is 2. The third kappa shape index (κ3) is 13.9. The van der Waals surface area contributed by atoms with Crippen molar-refractivity contribution in [1.29, 1.82) is 0 Å². The summed E-state index contributed by atoms with van der Waals surface area (Å²) in [4.78, 5) is 4.00. The second kappa shape index (κ2) is 21.2. The lowest BCUT2D eigenvalue weighted by atomic mass is 10.1. The number of pyridine rings is 1. The number of benzene rings is 2. The molecule has 0 aliphatic rings. The lowest BCUT2D eigenvalue weighted by Crippen LogP contribution is -2.38. The van der Waals surface area contributed by atoms with Gasteiger partial charge in [0.05, 0.1) is 13.2 Å². The van der Waals surface area contributed by atoms with Gasteiger partial charge in [-0.15, -0.1) is 0 Å². The Balaban J connectivity index is 1.24. The van der Waals surface area contributed by atoms with Gasteiger partial charge in [0.1, 0.15) is 6.61 Å². The molecule has 220 valence electrons. The molecule has 1 heterocycles. The normalized spacial score (nSPS) is 12.0. The standard InChI is InChI=1S/C34H40N4O2S2/c39-26-21-35-20-6-3-1-2-4-8-30-10-15-32(16-11-30)36-22-28-41-42-29-23-37-33-17-12-31(13-18-33)14-19-34-9-5-7-24-38(34)25-27-40/h1-20,24,39-40H,21-23,25-29H2,(H,35,36)/p+1. The van der Waals surface area contributed by atoms with Crippen LogP contribution in [0.2, 0.25) is 0 Å². The van der Waals surface area contributed by atoms with Crippen LogP contribution in [0, 0.1) is 0 Å². The average molecular weight is 602 g/mol. The van der Waals surface area contributed by atoms with Crippen LogP contribution in [0.1, 0.15) is 16.8 Å². The highest BCUT2D eigenvalue weighted by molar-refractivity contribution is 8.76. The Kier molecular flexibility index (Phi) is 16.6. The molecule has 3 rings (SSSR count). The predicted octanol–water partition coefficient (Wildman–Crippen LogP) is 6.23. The summed E-state index contributed by atoms with van der Waals surface area (Å²) in [6.07, 6.45) is 19.6. The molecule has 8 heteroatoms. The number of anilines is 2. The summed E-state index contributed by atoms with van der Waals surface area (Å²) in [5, 5.41) is 24.9. The molecule has 4 N–H and O–H groups in total. The summed E-state index contributed by atoms with van der Waals surface area (Å²) in [6.45, 7) is 3.08. The summed E-state index contributed by atoms with van der Waals surface area (Å²) >= 11 is 0. The van der Waals surface area contributed by atoms with E-state index in [1.807, 2.05) is 80.9 Å². The largest absolute Gasteiger partial charge is 0.394 e. The Hall–Kier alpha value is -3.56. The third-order valence-corrected chi connectivity index (χ3v) is 8.26. The van der Waals surface area contributed by atoms with E-state index in [9.17, 15) is 5.11 Å². The second-order valence-corrected chi connectivity index (χ2v) is 11.7. The van der Waals surface area contributed by atoms with Crippen LogP contribution in [0.3, 0.4) is 0 Å². The van der Waals surface area contributed by atoms with E-state index in [1.54, 1.807) is 6.21 Å². The summed E-state index contributed by atoms with van der Waals surface area (Å²) in [6, 6.07) is 22.9. The first-order chi connectivity index (χ1) is 20.8. The van der Waals surface area contributed by atoms with Crippen molar-refractivity contribution in [2.75, 3.05) is 55.0 Å². The van der Waals surface area contributed by atoms with Gasteiger partial charge in [-0.05, 0) is 53.6 Å². The fourth-order valence-electron chi connectivity index (χ4n) is 3.75. The van der Waals surface area contributed by atoms with Gasteiger partial charge in [-0.25, -0.2) is 0 Å². The van der Waals surface area contributed by atoms with Crippen molar-refractivity contribution in [3.8, 4) is 0 Å². The number of hydrogen-bond acceptors (Lipinski definition) is 7. The van der Waals surface area contributed by atoms with Gasteiger partial charge in [0.25, 0.3) is 0 Å². The minimum atomic E-state index is 0.0783. The number of aliphatic hydroxyl groups is 2. The first-order valence-electron chi connectivity index (χ1n) is 14.1. The van der Waals surface area contributed by atoms with Gasteiger partial charge in [0.15, 0.2) is 12.7 Å². The van der Waals surface area contributed by atoms with E-state index in [2.05, 4.69) is 82.4 Å². The molecule has 0 saturated carbocycles. The maximum atomic E-state index is 9.24. The molecule has 6 nitrogen and oxygen atoms in total. The van der Waals surface area contributed by atoms with E-state index in [4.69, 9.17) is 5.11 Å². The molecule has 0 spiro atoms. The van der Waals surface area contributed by atoms with Gasteiger partial charge in [0, 0.05) is 60.4 Å². The zero-order chi connectivity index (χ0) is 29.5. The number of aliphatic hydroxyl groups excluding tert-OH is 2. The van der Waals surface area contributed by atoms with Crippen LogP contribution in [0.25, 0.3) is 18.2 Å². The molecule has 0 radical (unpaired) electrons. The van der Waals surface area contributed by atoms with Crippen molar-refractivity contribution in [3.05, 3.63) is 120 Å². The highest BCUT2D eigenvalue weighted by atomic mass is 33.1. The number of rotatable bonds is 19. The van der Waals surface area contributed by atoms with Crippen LogP contribution in [-0.2, 0) is 6.54 Å². The molecule has 0 unspecified atom stereocenters. The Morgan fingerprint density at radius 1 is 0.667 bits per heavy atom. The van der Waals surface area contributed by atoms with Gasteiger partial charge in [-0.3, -0.25) is 4.99 Å². The second-order valence-electron chi connectivity index (χ2n) is 9.03. The van der Waals surface area contributed by atoms with Gasteiger partial charge in [0.2, 0.25) is 5.69 Å². The Morgan fingerprint density at radius 2 is 1.29 bits per heavy atom. The van der Waals surface area contributed by atoms with Gasteiger partial charge in [-0.2, -0.15) is 4.57 Å². The maximum absolute atomic E-state index is 9.24. The molecule has 42 heavy (non-hydrogen) atoms. The highest BCUT2D eigenvalue weighted by Gasteiger charge is 2.04. The van der Waals surface area contributed by atoms with Crippen molar-refractivity contribution in [1.82, 2.24) is 0 Å². The predicted molar refractivity (Wildman–Crippen MR) is 185 cm³/mol. The van der Waals surface area contributed by atoms with Crippen molar-refractivity contribution < 1.29 is 14.8 Å².